The Morgan fingerprint density at radius 2 is 1.47 bits per heavy atom. The van der Waals surface area contributed by atoms with Crippen LogP contribution in [0.4, 0.5) is 4.79 Å². The number of rotatable bonds is 8. The number of carboxylic acid groups (broad SMARTS) is 1. The standard InChI is InChI=1S/C20H12O5.C7H16N2O4/c21-11-5-7-15-17(9-11)24-18-10-12(22)6-8-16(18)20(15)14-4-2-1-3-13(14)19(23)25-20;8-1-3-12-5-6-13-4-2-9-7(10)11/h1-10,21-22H;9H,1-6,8H2,(H,10,11). The minimum Gasteiger partial charge on any atom is -0.508 e. The first-order valence-corrected chi connectivity index (χ1v) is 11.9. The maximum absolute atomic E-state index is 12.5. The number of hydrogen-bond donors (Lipinski definition) is 5. The number of phenolic OH excluding ortho intramolecular Hbond substituents is 2. The average Bonchev–Trinajstić information content (AvgIpc) is 3.18. The molecule has 11 nitrogen and oxygen atoms in total. The summed E-state index contributed by atoms with van der Waals surface area (Å²) >= 11 is 0. The highest BCUT2D eigenvalue weighted by Crippen LogP contribution is 2.56. The van der Waals surface area contributed by atoms with Gasteiger partial charge in [-0.05, 0) is 30.3 Å². The smallest absolute Gasteiger partial charge is 0.404 e. The van der Waals surface area contributed by atoms with Crippen molar-refractivity contribution in [1.82, 2.24) is 5.32 Å². The third kappa shape index (κ3) is 5.49. The molecule has 2 aliphatic heterocycles. The van der Waals surface area contributed by atoms with Crippen LogP contribution in [0, 0.1) is 0 Å². The van der Waals surface area contributed by atoms with Crippen molar-refractivity contribution in [3.8, 4) is 23.0 Å². The Bertz CT molecular complexity index is 1260. The minimum atomic E-state index is -1.17. The second kappa shape index (κ2) is 11.8. The van der Waals surface area contributed by atoms with Gasteiger partial charge >= 0.3 is 12.1 Å². The fourth-order valence-corrected chi connectivity index (χ4v) is 4.29. The van der Waals surface area contributed by atoms with E-state index in [9.17, 15) is 19.8 Å². The van der Waals surface area contributed by atoms with Crippen molar-refractivity contribution in [1.29, 1.82) is 0 Å². The molecule has 0 atom stereocenters. The third-order valence-corrected chi connectivity index (χ3v) is 5.84. The van der Waals surface area contributed by atoms with Crippen molar-refractivity contribution < 1.29 is 43.9 Å². The molecule has 38 heavy (non-hydrogen) atoms. The molecule has 11 heteroatoms. The Balaban J connectivity index is 0.000000222. The molecule has 0 aromatic heterocycles. The second-order valence-corrected chi connectivity index (χ2v) is 8.32. The van der Waals surface area contributed by atoms with Gasteiger partial charge in [0.25, 0.3) is 0 Å². The number of nitrogens with two attached hydrogens (primary N) is 1. The molecule has 1 spiro atoms. The maximum Gasteiger partial charge on any atom is 0.404 e. The minimum absolute atomic E-state index is 0.0371. The Labute approximate surface area is 218 Å². The number of benzene rings is 3. The Morgan fingerprint density at radius 1 is 0.868 bits per heavy atom. The normalized spacial score (nSPS) is 13.8. The summed E-state index contributed by atoms with van der Waals surface area (Å²) < 4.78 is 21.8. The van der Waals surface area contributed by atoms with Crippen LogP contribution in [-0.2, 0) is 19.8 Å². The topological polar surface area (TPSA) is 170 Å². The number of ether oxygens (including phenoxy) is 4. The van der Waals surface area contributed by atoms with E-state index in [2.05, 4.69) is 5.32 Å². The first kappa shape index (κ1) is 26.7. The summed E-state index contributed by atoms with van der Waals surface area (Å²) in [6.07, 6.45) is -1.04. The number of carbonyl (C=O) groups excluding carboxylic acids is 1. The quantitative estimate of drug-likeness (QED) is 0.218. The van der Waals surface area contributed by atoms with Crippen molar-refractivity contribution in [3.05, 3.63) is 82.9 Å². The molecule has 0 bridgehead atoms. The van der Waals surface area contributed by atoms with Crippen molar-refractivity contribution in [2.75, 3.05) is 39.5 Å². The molecule has 2 aliphatic rings. The molecule has 6 N–H and O–H groups in total. The SMILES string of the molecule is NCCOCCOCCNC(=O)O.O=C1OC2(c3ccc(O)cc3Oc3cc(O)ccc32)c2ccccc21. The van der Waals surface area contributed by atoms with Gasteiger partial charge < -0.3 is 45.3 Å². The fourth-order valence-electron chi connectivity index (χ4n) is 4.29. The van der Waals surface area contributed by atoms with E-state index >= 15 is 0 Å². The molecule has 200 valence electrons. The summed E-state index contributed by atoms with van der Waals surface area (Å²) in [5.74, 6) is 0.408. The predicted molar refractivity (Wildman–Crippen MR) is 135 cm³/mol. The van der Waals surface area contributed by atoms with Gasteiger partial charge in [0.05, 0.1) is 32.0 Å². The van der Waals surface area contributed by atoms with Gasteiger partial charge in [-0.3, -0.25) is 0 Å². The molecule has 0 saturated heterocycles. The predicted octanol–water partition coefficient (Wildman–Crippen LogP) is 2.91. The van der Waals surface area contributed by atoms with Gasteiger partial charge in [-0.1, -0.05) is 18.2 Å². The highest BCUT2D eigenvalue weighted by molar-refractivity contribution is 5.97. The van der Waals surface area contributed by atoms with E-state index < -0.39 is 17.7 Å². The molecular formula is C27H28N2O9. The summed E-state index contributed by atoms with van der Waals surface area (Å²) in [6.45, 7) is 2.63. The Kier molecular flexibility index (Phi) is 8.31. The molecule has 2 heterocycles. The second-order valence-electron chi connectivity index (χ2n) is 8.32. The number of amides is 1. The summed E-state index contributed by atoms with van der Waals surface area (Å²) in [7, 11) is 0. The highest BCUT2D eigenvalue weighted by atomic mass is 16.6. The van der Waals surface area contributed by atoms with E-state index in [4.69, 9.17) is 29.8 Å². The Hall–Kier alpha value is -4.32. The van der Waals surface area contributed by atoms with Crippen LogP contribution in [-0.4, -0.2) is 66.9 Å². The summed E-state index contributed by atoms with van der Waals surface area (Å²) in [4.78, 5) is 22.5. The number of carbonyl (C=O) groups is 2. The third-order valence-electron chi connectivity index (χ3n) is 5.84. The van der Waals surface area contributed by atoms with Crippen LogP contribution in [0.15, 0.2) is 60.7 Å². The number of nitrogens with one attached hydrogen (secondary N) is 1. The van der Waals surface area contributed by atoms with E-state index in [0.29, 0.717) is 73.3 Å². The molecule has 0 fully saturated rings. The lowest BCUT2D eigenvalue weighted by atomic mass is 9.77. The molecule has 5 rings (SSSR count). The zero-order valence-corrected chi connectivity index (χ0v) is 20.4. The lowest BCUT2D eigenvalue weighted by Gasteiger charge is -2.36. The van der Waals surface area contributed by atoms with Gasteiger partial charge in [0.1, 0.15) is 23.0 Å². The largest absolute Gasteiger partial charge is 0.508 e. The van der Waals surface area contributed by atoms with Crippen LogP contribution >= 0.6 is 0 Å². The zero-order valence-electron chi connectivity index (χ0n) is 20.4. The van der Waals surface area contributed by atoms with Gasteiger partial charge in [-0.15, -0.1) is 0 Å². The van der Waals surface area contributed by atoms with E-state index in [1.54, 1.807) is 24.3 Å². The van der Waals surface area contributed by atoms with Crippen LogP contribution in [0.5, 0.6) is 23.0 Å². The molecule has 3 aromatic rings. The molecule has 0 saturated carbocycles. The molecule has 0 unspecified atom stereocenters. The summed E-state index contributed by atoms with van der Waals surface area (Å²) in [6, 6.07) is 16.6. The molecule has 0 aliphatic carbocycles. The zero-order chi connectivity index (χ0) is 27.1. The van der Waals surface area contributed by atoms with Gasteiger partial charge in [0, 0.05) is 41.9 Å². The van der Waals surface area contributed by atoms with Crippen LogP contribution in [0.25, 0.3) is 0 Å². The molecular weight excluding hydrogens is 496 g/mol. The van der Waals surface area contributed by atoms with Gasteiger partial charge in [0.15, 0.2) is 5.60 Å². The van der Waals surface area contributed by atoms with Crippen LogP contribution in [0.2, 0.25) is 0 Å². The monoisotopic (exact) mass is 524 g/mol. The van der Waals surface area contributed by atoms with Crippen LogP contribution in [0.3, 0.4) is 0 Å². The van der Waals surface area contributed by atoms with Crippen molar-refractivity contribution >= 4 is 12.1 Å². The van der Waals surface area contributed by atoms with E-state index in [1.807, 2.05) is 12.1 Å². The lowest BCUT2D eigenvalue weighted by Crippen LogP contribution is -2.32. The van der Waals surface area contributed by atoms with Crippen molar-refractivity contribution in [2.45, 2.75) is 5.60 Å². The number of aromatic hydroxyl groups is 2. The lowest BCUT2D eigenvalue weighted by molar-refractivity contribution is 0.0224. The van der Waals surface area contributed by atoms with Gasteiger partial charge in [-0.2, -0.15) is 0 Å². The number of hydrogen-bond acceptors (Lipinski definition) is 9. The highest BCUT2D eigenvalue weighted by Gasteiger charge is 2.53. The van der Waals surface area contributed by atoms with Crippen LogP contribution < -0.4 is 15.8 Å². The fraction of sp³-hybridized carbons (Fsp3) is 0.259. The van der Waals surface area contributed by atoms with Crippen molar-refractivity contribution in [3.63, 3.8) is 0 Å². The average molecular weight is 525 g/mol. The molecule has 1 amide bonds. The number of esters is 1. The van der Waals surface area contributed by atoms with E-state index in [-0.39, 0.29) is 11.5 Å². The summed E-state index contributed by atoms with van der Waals surface area (Å²) in [5.41, 5.74) is 6.47. The molecule has 0 radical (unpaired) electrons. The van der Waals surface area contributed by atoms with Crippen molar-refractivity contribution in [2.24, 2.45) is 5.73 Å². The first-order valence-electron chi connectivity index (χ1n) is 11.9. The molecule has 3 aromatic carbocycles. The van der Waals surface area contributed by atoms with Gasteiger partial charge in [0.2, 0.25) is 0 Å². The van der Waals surface area contributed by atoms with E-state index in [0.717, 1.165) is 0 Å². The Morgan fingerprint density at radius 3 is 2.08 bits per heavy atom. The maximum atomic E-state index is 12.5. The van der Waals surface area contributed by atoms with Gasteiger partial charge in [-0.25, -0.2) is 9.59 Å². The van der Waals surface area contributed by atoms with Crippen LogP contribution in [0.1, 0.15) is 27.0 Å². The summed E-state index contributed by atoms with van der Waals surface area (Å²) in [5, 5.41) is 30.0. The van der Waals surface area contributed by atoms with E-state index in [1.165, 1.54) is 24.3 Å². The first-order chi connectivity index (χ1) is 18.4. The number of fused-ring (bicyclic) bond motifs is 6. The number of phenols is 2.